The van der Waals surface area contributed by atoms with Gasteiger partial charge in [-0.1, -0.05) is 0 Å². The van der Waals surface area contributed by atoms with Gasteiger partial charge in [-0.25, -0.2) is 13.1 Å². The summed E-state index contributed by atoms with van der Waals surface area (Å²) >= 11 is 0. The van der Waals surface area contributed by atoms with Crippen LogP contribution in [-0.2, 0) is 10.0 Å². The zero-order valence-electron chi connectivity index (χ0n) is 11.8. The minimum Gasteiger partial charge on any atom is -0.311 e. The van der Waals surface area contributed by atoms with Crippen LogP contribution in [0.2, 0.25) is 0 Å². The predicted molar refractivity (Wildman–Crippen MR) is 76.4 cm³/mol. The van der Waals surface area contributed by atoms with E-state index in [0.717, 1.165) is 30.7 Å². The molecule has 4 rings (SSSR count). The lowest BCUT2D eigenvalue weighted by molar-refractivity contribution is -0.0194. The predicted octanol–water partition coefficient (Wildman–Crippen LogP) is 1.48. The van der Waals surface area contributed by atoms with Gasteiger partial charge in [0.05, 0.1) is 6.26 Å². The Morgan fingerprint density at radius 1 is 1.00 bits per heavy atom. The average molecular weight is 286 g/mol. The van der Waals surface area contributed by atoms with Crippen molar-refractivity contribution in [1.82, 2.24) is 10.0 Å². The van der Waals surface area contributed by atoms with Gasteiger partial charge >= 0.3 is 0 Å². The summed E-state index contributed by atoms with van der Waals surface area (Å²) in [6.07, 6.45) is 10.6. The second-order valence-corrected chi connectivity index (χ2v) is 8.98. The fourth-order valence-electron chi connectivity index (χ4n) is 5.03. The van der Waals surface area contributed by atoms with Crippen LogP contribution in [0, 0.1) is 17.8 Å². The lowest BCUT2D eigenvalue weighted by Crippen LogP contribution is -2.58. The average Bonchev–Trinajstić information content (AvgIpc) is 2.24. The standard InChI is InChI=1S/C14H26N2O2S/c1-19(17,18)16-4-2-3-15-14-8-11-5-12(9-14)7-13(6-11)10-14/h11-13,15-16H,2-10H2,1H3. The lowest BCUT2D eigenvalue weighted by atomic mass is 9.53. The highest BCUT2D eigenvalue weighted by Gasteiger charge is 2.50. The van der Waals surface area contributed by atoms with Gasteiger partial charge in [-0.2, -0.15) is 0 Å². The third-order valence-electron chi connectivity index (χ3n) is 5.26. The first kappa shape index (κ1) is 13.8. The highest BCUT2D eigenvalue weighted by molar-refractivity contribution is 7.88. The fraction of sp³-hybridized carbons (Fsp3) is 1.00. The molecule has 5 heteroatoms. The molecule has 0 aliphatic heterocycles. The molecule has 0 aromatic carbocycles. The molecule has 2 N–H and O–H groups in total. The van der Waals surface area contributed by atoms with Crippen molar-refractivity contribution in [2.45, 2.75) is 50.5 Å². The summed E-state index contributed by atoms with van der Waals surface area (Å²) in [6, 6.07) is 0. The normalized spacial score (nSPS) is 40.8. The van der Waals surface area contributed by atoms with E-state index in [2.05, 4.69) is 10.0 Å². The SMILES string of the molecule is CS(=O)(=O)NCCCNC12CC3CC(CC(C3)C1)C2. The van der Waals surface area contributed by atoms with Crippen LogP contribution < -0.4 is 10.0 Å². The molecule has 19 heavy (non-hydrogen) atoms. The second-order valence-electron chi connectivity index (χ2n) is 7.14. The molecule has 4 saturated carbocycles. The van der Waals surface area contributed by atoms with Crippen LogP contribution >= 0.6 is 0 Å². The van der Waals surface area contributed by atoms with Crippen LogP contribution in [0.5, 0.6) is 0 Å². The van der Waals surface area contributed by atoms with Crippen LogP contribution in [0.25, 0.3) is 0 Å². The Hall–Kier alpha value is -0.130. The Kier molecular flexibility index (Phi) is 3.65. The lowest BCUT2D eigenvalue weighted by Gasteiger charge is -2.57. The van der Waals surface area contributed by atoms with Crippen LogP contribution in [0.3, 0.4) is 0 Å². The molecule has 0 spiro atoms. The first-order chi connectivity index (χ1) is 8.94. The first-order valence-electron chi connectivity index (χ1n) is 7.64. The Morgan fingerprint density at radius 2 is 1.53 bits per heavy atom. The fourth-order valence-corrected chi connectivity index (χ4v) is 5.54. The van der Waals surface area contributed by atoms with Crippen molar-refractivity contribution in [3.8, 4) is 0 Å². The molecular formula is C14H26N2O2S. The molecule has 4 nitrogen and oxygen atoms in total. The van der Waals surface area contributed by atoms with Gasteiger partial charge in [0.2, 0.25) is 10.0 Å². The maximum absolute atomic E-state index is 11.0. The number of nitrogens with one attached hydrogen (secondary N) is 2. The Balaban J connectivity index is 1.45. The molecule has 0 amide bonds. The summed E-state index contributed by atoms with van der Waals surface area (Å²) in [5.74, 6) is 2.90. The molecule has 0 saturated heterocycles. The van der Waals surface area contributed by atoms with Gasteiger partial charge in [-0.3, -0.25) is 0 Å². The van der Waals surface area contributed by atoms with Crippen LogP contribution in [0.4, 0.5) is 0 Å². The van der Waals surface area contributed by atoms with E-state index in [0.29, 0.717) is 12.1 Å². The van der Waals surface area contributed by atoms with E-state index in [-0.39, 0.29) is 0 Å². The molecule has 0 heterocycles. The minimum atomic E-state index is -3.03. The van der Waals surface area contributed by atoms with Crippen molar-refractivity contribution >= 4 is 10.0 Å². The van der Waals surface area contributed by atoms with Crippen LogP contribution in [0.15, 0.2) is 0 Å². The third-order valence-corrected chi connectivity index (χ3v) is 5.98. The zero-order chi connectivity index (χ0) is 13.5. The Bertz CT molecular complexity index is 397. The van der Waals surface area contributed by atoms with Gasteiger partial charge in [0.15, 0.2) is 0 Å². The molecule has 0 radical (unpaired) electrons. The molecule has 4 aliphatic carbocycles. The summed E-state index contributed by atoms with van der Waals surface area (Å²) in [5, 5.41) is 3.78. The molecule has 4 aliphatic rings. The largest absolute Gasteiger partial charge is 0.311 e. The Morgan fingerprint density at radius 3 is 2.00 bits per heavy atom. The van der Waals surface area contributed by atoms with Crippen molar-refractivity contribution in [2.24, 2.45) is 17.8 Å². The van der Waals surface area contributed by atoms with Crippen molar-refractivity contribution < 1.29 is 8.42 Å². The maximum atomic E-state index is 11.0. The maximum Gasteiger partial charge on any atom is 0.208 e. The summed E-state index contributed by atoms with van der Waals surface area (Å²) in [5.41, 5.74) is 0.403. The van der Waals surface area contributed by atoms with Crippen molar-refractivity contribution in [3.05, 3.63) is 0 Å². The number of sulfonamides is 1. The second kappa shape index (κ2) is 5.01. The molecule has 4 fully saturated rings. The molecule has 110 valence electrons. The summed E-state index contributed by atoms with van der Waals surface area (Å²) in [7, 11) is -3.03. The van der Waals surface area contributed by atoms with E-state index in [1.54, 1.807) is 0 Å². The monoisotopic (exact) mass is 286 g/mol. The number of rotatable bonds is 6. The molecule has 0 aromatic heterocycles. The molecule has 0 unspecified atom stereocenters. The summed E-state index contributed by atoms with van der Waals surface area (Å²) < 4.78 is 24.5. The summed E-state index contributed by atoms with van der Waals surface area (Å²) in [6.45, 7) is 1.49. The first-order valence-corrected chi connectivity index (χ1v) is 9.53. The van der Waals surface area contributed by atoms with Gasteiger partial charge in [0, 0.05) is 12.1 Å². The van der Waals surface area contributed by atoms with E-state index in [1.807, 2.05) is 0 Å². The van der Waals surface area contributed by atoms with Gasteiger partial charge in [-0.05, 0) is 69.2 Å². The van der Waals surface area contributed by atoms with Gasteiger partial charge in [0.1, 0.15) is 0 Å². The van der Waals surface area contributed by atoms with E-state index in [4.69, 9.17) is 0 Å². The van der Waals surface area contributed by atoms with Gasteiger partial charge in [-0.15, -0.1) is 0 Å². The molecule has 0 aromatic rings. The van der Waals surface area contributed by atoms with E-state index in [1.165, 1.54) is 44.8 Å². The minimum absolute atomic E-state index is 0.403. The van der Waals surface area contributed by atoms with Crippen molar-refractivity contribution in [1.29, 1.82) is 0 Å². The molecular weight excluding hydrogens is 260 g/mol. The molecule has 0 atom stereocenters. The van der Waals surface area contributed by atoms with Crippen LogP contribution in [0.1, 0.15) is 44.9 Å². The molecule has 4 bridgehead atoms. The smallest absolute Gasteiger partial charge is 0.208 e. The highest BCUT2D eigenvalue weighted by atomic mass is 32.2. The van der Waals surface area contributed by atoms with E-state index >= 15 is 0 Å². The highest BCUT2D eigenvalue weighted by Crippen LogP contribution is 2.55. The third kappa shape index (κ3) is 3.31. The van der Waals surface area contributed by atoms with Crippen molar-refractivity contribution in [3.63, 3.8) is 0 Å². The van der Waals surface area contributed by atoms with Gasteiger partial charge in [0.25, 0.3) is 0 Å². The van der Waals surface area contributed by atoms with Crippen LogP contribution in [-0.4, -0.2) is 33.3 Å². The van der Waals surface area contributed by atoms with E-state index in [9.17, 15) is 8.42 Å². The quantitative estimate of drug-likeness (QED) is 0.727. The Labute approximate surface area is 116 Å². The van der Waals surface area contributed by atoms with E-state index < -0.39 is 10.0 Å². The van der Waals surface area contributed by atoms with Gasteiger partial charge < -0.3 is 5.32 Å². The number of hydrogen-bond donors (Lipinski definition) is 2. The zero-order valence-corrected chi connectivity index (χ0v) is 12.6. The number of hydrogen-bond acceptors (Lipinski definition) is 3. The van der Waals surface area contributed by atoms with Crippen molar-refractivity contribution in [2.75, 3.05) is 19.3 Å². The topological polar surface area (TPSA) is 58.2 Å². The summed E-state index contributed by atoms with van der Waals surface area (Å²) in [4.78, 5) is 0.